The summed E-state index contributed by atoms with van der Waals surface area (Å²) in [6.45, 7) is 2.16. The molecule has 0 aliphatic rings. The highest BCUT2D eigenvalue weighted by atomic mass is 16.1. The fourth-order valence-corrected chi connectivity index (χ4v) is 1.33. The molecule has 15 heavy (non-hydrogen) atoms. The quantitative estimate of drug-likeness (QED) is 0.523. The maximum Gasteiger partial charge on any atom is 0.142 e. The third kappa shape index (κ3) is 3.94. The number of aldehydes is 1. The van der Waals surface area contributed by atoms with Gasteiger partial charge in [0.2, 0.25) is 0 Å². The van der Waals surface area contributed by atoms with Crippen molar-refractivity contribution < 1.29 is 4.79 Å². The van der Waals surface area contributed by atoms with E-state index in [1.54, 1.807) is 0 Å². The zero-order chi connectivity index (χ0) is 10.9. The first-order valence-corrected chi connectivity index (χ1v) is 5.26. The van der Waals surface area contributed by atoms with Crippen LogP contribution in [0.1, 0.15) is 30.9 Å². The molecule has 0 spiro atoms. The second-order valence-corrected chi connectivity index (χ2v) is 3.32. The zero-order valence-corrected chi connectivity index (χ0v) is 9.02. The molecule has 1 aromatic rings. The van der Waals surface area contributed by atoms with Gasteiger partial charge in [0, 0.05) is 0 Å². The molecule has 0 N–H and O–H groups in total. The van der Waals surface area contributed by atoms with E-state index in [0.29, 0.717) is 0 Å². The van der Waals surface area contributed by atoms with Crippen LogP contribution in [-0.4, -0.2) is 6.29 Å². The molecule has 0 aliphatic carbocycles. The normalized spacial score (nSPS) is 11.3. The minimum absolute atomic E-state index is 0.798. The molecule has 0 saturated heterocycles. The summed E-state index contributed by atoms with van der Waals surface area (Å²) in [5.74, 6) is 0. The first kappa shape index (κ1) is 11.4. The molecule has 0 atom stereocenters. The van der Waals surface area contributed by atoms with Gasteiger partial charge in [0.05, 0.1) is 0 Å². The van der Waals surface area contributed by atoms with Gasteiger partial charge in [0.1, 0.15) is 6.29 Å². The van der Waals surface area contributed by atoms with Crippen LogP contribution >= 0.6 is 0 Å². The number of unbranched alkanes of at least 4 members (excludes halogenated alkanes) is 1. The molecule has 1 heteroatoms. The molecule has 0 radical (unpaired) electrons. The van der Waals surface area contributed by atoms with E-state index in [4.69, 9.17) is 0 Å². The van der Waals surface area contributed by atoms with Crippen LogP contribution in [0, 0.1) is 0 Å². The van der Waals surface area contributed by atoms with Crippen LogP contribution in [-0.2, 0) is 4.79 Å². The van der Waals surface area contributed by atoms with E-state index in [1.807, 2.05) is 24.3 Å². The van der Waals surface area contributed by atoms with Crippen LogP contribution in [0.4, 0.5) is 0 Å². The Morgan fingerprint density at radius 3 is 2.40 bits per heavy atom. The first-order valence-electron chi connectivity index (χ1n) is 5.26. The van der Waals surface area contributed by atoms with Gasteiger partial charge >= 0.3 is 0 Å². The van der Waals surface area contributed by atoms with Crippen LogP contribution in [0.25, 0.3) is 12.2 Å². The molecular formula is C14H16O. The Morgan fingerprint density at radius 1 is 1.13 bits per heavy atom. The molecule has 78 valence electrons. The lowest BCUT2D eigenvalue weighted by molar-refractivity contribution is -0.104. The van der Waals surface area contributed by atoms with Crippen molar-refractivity contribution in [3.05, 3.63) is 47.5 Å². The van der Waals surface area contributed by atoms with Gasteiger partial charge < -0.3 is 0 Å². The van der Waals surface area contributed by atoms with Gasteiger partial charge in [-0.25, -0.2) is 0 Å². The summed E-state index contributed by atoms with van der Waals surface area (Å²) in [6.07, 6.45) is 10.7. The SMILES string of the molecule is CCC/C=C\c1ccccc1/C=C/C=O. The summed E-state index contributed by atoms with van der Waals surface area (Å²) < 4.78 is 0. The minimum atomic E-state index is 0.798. The van der Waals surface area contributed by atoms with E-state index >= 15 is 0 Å². The molecule has 0 heterocycles. The van der Waals surface area contributed by atoms with Gasteiger partial charge in [-0.1, -0.05) is 55.8 Å². The maximum absolute atomic E-state index is 10.2. The third-order valence-electron chi connectivity index (χ3n) is 2.10. The maximum atomic E-state index is 10.2. The van der Waals surface area contributed by atoms with E-state index < -0.39 is 0 Å². The van der Waals surface area contributed by atoms with Crippen molar-refractivity contribution in [2.24, 2.45) is 0 Å². The highest BCUT2D eigenvalue weighted by Gasteiger charge is 1.92. The Morgan fingerprint density at radius 2 is 1.80 bits per heavy atom. The molecule has 0 saturated carbocycles. The van der Waals surface area contributed by atoms with Crippen LogP contribution in [0.5, 0.6) is 0 Å². The van der Waals surface area contributed by atoms with E-state index in [0.717, 1.165) is 30.3 Å². The lowest BCUT2D eigenvalue weighted by atomic mass is 10.1. The molecule has 1 nitrogen and oxygen atoms in total. The number of hydrogen-bond donors (Lipinski definition) is 0. The largest absolute Gasteiger partial charge is 0.299 e. The number of carbonyl (C=O) groups excluding carboxylic acids is 1. The zero-order valence-electron chi connectivity index (χ0n) is 9.02. The number of allylic oxidation sites excluding steroid dienone is 2. The Labute approximate surface area is 91.1 Å². The van der Waals surface area contributed by atoms with Crippen LogP contribution in [0.15, 0.2) is 36.4 Å². The highest BCUT2D eigenvalue weighted by molar-refractivity contribution is 5.76. The van der Waals surface area contributed by atoms with Crippen molar-refractivity contribution in [3.63, 3.8) is 0 Å². The van der Waals surface area contributed by atoms with Gasteiger partial charge in [-0.3, -0.25) is 4.79 Å². The number of benzene rings is 1. The second-order valence-electron chi connectivity index (χ2n) is 3.32. The average Bonchev–Trinajstić information content (AvgIpc) is 2.28. The molecule has 0 unspecified atom stereocenters. The van der Waals surface area contributed by atoms with Gasteiger partial charge in [-0.15, -0.1) is 0 Å². The number of rotatable bonds is 5. The van der Waals surface area contributed by atoms with Crippen LogP contribution in [0.2, 0.25) is 0 Å². The topological polar surface area (TPSA) is 17.1 Å². The monoisotopic (exact) mass is 200 g/mol. The molecule has 0 amide bonds. The summed E-state index contributed by atoms with van der Waals surface area (Å²) in [4.78, 5) is 10.2. The third-order valence-corrected chi connectivity index (χ3v) is 2.10. The van der Waals surface area contributed by atoms with Crippen molar-refractivity contribution in [3.8, 4) is 0 Å². The predicted molar refractivity (Wildman–Crippen MR) is 65.5 cm³/mol. The highest BCUT2D eigenvalue weighted by Crippen LogP contribution is 2.12. The van der Waals surface area contributed by atoms with Gasteiger partial charge in [0.25, 0.3) is 0 Å². The van der Waals surface area contributed by atoms with Crippen molar-refractivity contribution in [2.45, 2.75) is 19.8 Å². The molecule has 0 bridgehead atoms. The summed E-state index contributed by atoms with van der Waals surface area (Å²) in [7, 11) is 0. The lowest BCUT2D eigenvalue weighted by Crippen LogP contribution is -1.79. The Balaban J connectivity index is 2.85. The van der Waals surface area contributed by atoms with Crippen molar-refractivity contribution >= 4 is 18.4 Å². The van der Waals surface area contributed by atoms with Crippen molar-refractivity contribution in [1.29, 1.82) is 0 Å². The van der Waals surface area contributed by atoms with Gasteiger partial charge in [0.15, 0.2) is 0 Å². The Bertz CT molecular complexity index is 361. The predicted octanol–water partition coefficient (Wildman–Crippen LogP) is 3.71. The van der Waals surface area contributed by atoms with E-state index in [1.165, 1.54) is 6.08 Å². The summed E-state index contributed by atoms with van der Waals surface area (Å²) in [6, 6.07) is 8.04. The molecule has 0 fully saturated rings. The number of carbonyl (C=O) groups is 1. The van der Waals surface area contributed by atoms with Crippen molar-refractivity contribution in [2.75, 3.05) is 0 Å². The molecule has 1 rings (SSSR count). The molecule has 0 aromatic heterocycles. The van der Waals surface area contributed by atoms with E-state index in [9.17, 15) is 4.79 Å². The molecule has 0 aliphatic heterocycles. The van der Waals surface area contributed by atoms with Crippen molar-refractivity contribution in [1.82, 2.24) is 0 Å². The van der Waals surface area contributed by atoms with E-state index in [-0.39, 0.29) is 0 Å². The van der Waals surface area contributed by atoms with Gasteiger partial charge in [-0.2, -0.15) is 0 Å². The van der Waals surface area contributed by atoms with Crippen LogP contribution in [0.3, 0.4) is 0 Å². The lowest BCUT2D eigenvalue weighted by Gasteiger charge is -1.99. The number of hydrogen-bond acceptors (Lipinski definition) is 1. The fraction of sp³-hybridized carbons (Fsp3) is 0.214. The second kappa shape index (κ2) is 6.77. The summed E-state index contributed by atoms with van der Waals surface area (Å²) in [5.41, 5.74) is 2.24. The summed E-state index contributed by atoms with van der Waals surface area (Å²) in [5, 5.41) is 0. The Kier molecular flexibility index (Phi) is 5.16. The fourth-order valence-electron chi connectivity index (χ4n) is 1.33. The van der Waals surface area contributed by atoms with Gasteiger partial charge in [-0.05, 0) is 23.6 Å². The average molecular weight is 200 g/mol. The smallest absolute Gasteiger partial charge is 0.142 e. The Hall–Kier alpha value is -1.63. The standard InChI is InChI=1S/C14H16O/c1-2-3-4-8-13-9-5-6-10-14(13)11-7-12-15/h4-12H,2-3H2,1H3/b8-4-,11-7+. The van der Waals surface area contributed by atoms with Crippen LogP contribution < -0.4 is 0 Å². The summed E-state index contributed by atoms with van der Waals surface area (Å²) >= 11 is 0. The molecular weight excluding hydrogens is 184 g/mol. The van der Waals surface area contributed by atoms with E-state index in [2.05, 4.69) is 25.1 Å². The first-order chi connectivity index (χ1) is 7.38. The molecule has 1 aromatic carbocycles. The minimum Gasteiger partial charge on any atom is -0.299 e.